The fraction of sp³-hybridized carbons (Fsp3) is 0.318. The molecule has 0 spiro atoms. The molecule has 3 aromatic rings. The van der Waals surface area contributed by atoms with E-state index in [1.165, 1.54) is 16.7 Å². The van der Waals surface area contributed by atoms with Crippen molar-refractivity contribution in [3.8, 4) is 5.69 Å². The van der Waals surface area contributed by atoms with Crippen LogP contribution in [0.2, 0.25) is 0 Å². The second-order valence-corrected chi connectivity index (χ2v) is 7.54. The Labute approximate surface area is 165 Å². The quantitative estimate of drug-likeness (QED) is 0.687. The van der Waals surface area contributed by atoms with Gasteiger partial charge in [0.25, 0.3) is 0 Å². The van der Waals surface area contributed by atoms with Crippen LogP contribution in [0.1, 0.15) is 22.4 Å². The predicted octanol–water partition coefficient (Wildman–Crippen LogP) is 2.46. The van der Waals surface area contributed by atoms with Gasteiger partial charge in [-0.25, -0.2) is 0 Å². The largest absolute Gasteiger partial charge is 0.338 e. The van der Waals surface area contributed by atoms with Gasteiger partial charge in [-0.3, -0.25) is 4.79 Å². The van der Waals surface area contributed by atoms with Gasteiger partial charge < -0.3 is 9.80 Å². The maximum absolute atomic E-state index is 12.8. The highest BCUT2D eigenvalue weighted by atomic mass is 16.2. The third-order valence-corrected chi connectivity index (χ3v) is 4.99. The second-order valence-electron chi connectivity index (χ2n) is 7.54. The summed E-state index contributed by atoms with van der Waals surface area (Å²) in [7, 11) is 4.15. The molecule has 0 saturated heterocycles. The number of carbonyl (C=O) groups is 1. The van der Waals surface area contributed by atoms with Crippen molar-refractivity contribution >= 4 is 5.91 Å². The fourth-order valence-corrected chi connectivity index (χ4v) is 3.61. The van der Waals surface area contributed by atoms with Crippen LogP contribution in [-0.4, -0.2) is 51.3 Å². The topological polar surface area (TPSA) is 54.3 Å². The summed E-state index contributed by atoms with van der Waals surface area (Å²) in [5, 5.41) is 8.74. The monoisotopic (exact) mass is 375 g/mol. The van der Waals surface area contributed by atoms with Gasteiger partial charge in [0, 0.05) is 19.6 Å². The smallest absolute Gasteiger partial charge is 0.229 e. The van der Waals surface area contributed by atoms with Gasteiger partial charge >= 0.3 is 0 Å². The molecular weight excluding hydrogens is 350 g/mol. The van der Waals surface area contributed by atoms with Crippen LogP contribution in [0.3, 0.4) is 0 Å². The first-order chi connectivity index (χ1) is 13.6. The average Bonchev–Trinajstić information content (AvgIpc) is 3.16. The molecular formula is C22H25N5O. The maximum Gasteiger partial charge on any atom is 0.229 e. The molecule has 0 atom stereocenters. The van der Waals surface area contributed by atoms with E-state index in [0.29, 0.717) is 12.2 Å². The van der Waals surface area contributed by atoms with E-state index >= 15 is 0 Å². The number of carbonyl (C=O) groups excluding carboxylic acids is 1. The number of fused-ring (bicyclic) bond motifs is 1. The Morgan fingerprint density at radius 1 is 1.11 bits per heavy atom. The lowest BCUT2D eigenvalue weighted by Crippen LogP contribution is -2.37. The van der Waals surface area contributed by atoms with Crippen molar-refractivity contribution in [1.29, 1.82) is 0 Å². The van der Waals surface area contributed by atoms with E-state index in [1.807, 2.05) is 35.2 Å². The number of hydrogen-bond acceptors (Lipinski definition) is 4. The molecule has 144 valence electrons. The standard InChI is InChI=1S/C22H25N5O/c1-25(2)15-17-8-9-19-16-26(11-10-18(19)12-17)22(28)13-20-14-23-27(24-20)21-6-4-3-5-7-21/h3-9,12,14H,10-11,13,15-16H2,1-2H3. The summed E-state index contributed by atoms with van der Waals surface area (Å²) in [5.74, 6) is 0.100. The molecule has 6 heteroatoms. The van der Waals surface area contributed by atoms with Crippen molar-refractivity contribution < 1.29 is 4.79 Å². The highest BCUT2D eigenvalue weighted by Crippen LogP contribution is 2.21. The summed E-state index contributed by atoms with van der Waals surface area (Å²) in [4.78, 5) is 18.4. The highest BCUT2D eigenvalue weighted by molar-refractivity contribution is 5.78. The van der Waals surface area contributed by atoms with Crippen molar-refractivity contribution in [1.82, 2.24) is 24.8 Å². The van der Waals surface area contributed by atoms with Crippen LogP contribution in [0.15, 0.2) is 54.7 Å². The zero-order valence-electron chi connectivity index (χ0n) is 16.4. The minimum atomic E-state index is 0.100. The summed E-state index contributed by atoms with van der Waals surface area (Å²) < 4.78 is 0. The number of rotatable bonds is 5. The first-order valence-electron chi connectivity index (χ1n) is 9.58. The number of nitrogens with zero attached hydrogens (tertiary/aromatic N) is 5. The van der Waals surface area contributed by atoms with E-state index in [1.54, 1.807) is 11.0 Å². The van der Waals surface area contributed by atoms with Crippen molar-refractivity contribution in [3.05, 3.63) is 77.1 Å². The summed E-state index contributed by atoms with van der Waals surface area (Å²) in [5.41, 5.74) is 5.51. The van der Waals surface area contributed by atoms with Crippen LogP contribution in [-0.2, 0) is 30.7 Å². The van der Waals surface area contributed by atoms with E-state index in [4.69, 9.17) is 0 Å². The molecule has 2 heterocycles. The molecule has 1 amide bonds. The molecule has 1 aliphatic heterocycles. The van der Waals surface area contributed by atoms with Gasteiger partial charge in [-0.05, 0) is 49.3 Å². The summed E-state index contributed by atoms with van der Waals surface area (Å²) in [6.07, 6.45) is 2.86. The number of amides is 1. The number of hydrogen-bond donors (Lipinski definition) is 0. The third kappa shape index (κ3) is 4.12. The second kappa shape index (κ2) is 7.94. The van der Waals surface area contributed by atoms with Gasteiger partial charge in [-0.1, -0.05) is 36.4 Å². The van der Waals surface area contributed by atoms with Gasteiger partial charge in [0.1, 0.15) is 0 Å². The Morgan fingerprint density at radius 2 is 1.93 bits per heavy atom. The lowest BCUT2D eigenvalue weighted by atomic mass is 9.97. The molecule has 0 N–H and O–H groups in total. The van der Waals surface area contributed by atoms with E-state index in [-0.39, 0.29) is 12.3 Å². The average molecular weight is 375 g/mol. The zero-order valence-corrected chi connectivity index (χ0v) is 16.4. The molecule has 0 saturated carbocycles. The third-order valence-electron chi connectivity index (χ3n) is 4.99. The minimum Gasteiger partial charge on any atom is -0.338 e. The number of benzene rings is 2. The maximum atomic E-state index is 12.8. The van der Waals surface area contributed by atoms with Crippen LogP contribution >= 0.6 is 0 Å². The summed E-state index contributed by atoms with van der Waals surface area (Å²) in [6, 6.07) is 16.3. The van der Waals surface area contributed by atoms with Gasteiger partial charge in [-0.2, -0.15) is 15.0 Å². The van der Waals surface area contributed by atoms with Crippen molar-refractivity contribution in [2.24, 2.45) is 0 Å². The van der Waals surface area contributed by atoms with Crippen LogP contribution in [0.5, 0.6) is 0 Å². The molecule has 0 radical (unpaired) electrons. The lowest BCUT2D eigenvalue weighted by molar-refractivity contribution is -0.131. The first-order valence-corrected chi connectivity index (χ1v) is 9.58. The molecule has 2 aromatic carbocycles. The van der Waals surface area contributed by atoms with E-state index < -0.39 is 0 Å². The Hall–Kier alpha value is -2.99. The summed E-state index contributed by atoms with van der Waals surface area (Å²) >= 11 is 0. The zero-order chi connectivity index (χ0) is 19.5. The highest BCUT2D eigenvalue weighted by Gasteiger charge is 2.22. The van der Waals surface area contributed by atoms with E-state index in [2.05, 4.69) is 47.4 Å². The molecule has 4 rings (SSSR count). The van der Waals surface area contributed by atoms with E-state index in [0.717, 1.165) is 25.2 Å². The molecule has 1 aliphatic rings. The SMILES string of the molecule is CN(C)Cc1ccc2c(c1)CCN(C(=O)Cc1cnn(-c3ccccc3)n1)C2. The Bertz CT molecular complexity index is 964. The molecule has 0 aliphatic carbocycles. The minimum absolute atomic E-state index is 0.100. The number of aromatic nitrogens is 3. The predicted molar refractivity (Wildman–Crippen MR) is 108 cm³/mol. The molecule has 1 aromatic heterocycles. The first kappa shape index (κ1) is 18.4. The molecule has 0 unspecified atom stereocenters. The summed E-state index contributed by atoms with van der Waals surface area (Å²) in [6.45, 7) is 2.36. The van der Waals surface area contributed by atoms with Crippen LogP contribution in [0.25, 0.3) is 5.69 Å². The Morgan fingerprint density at radius 3 is 2.71 bits per heavy atom. The Balaban J connectivity index is 1.41. The Kier molecular flexibility index (Phi) is 5.21. The van der Waals surface area contributed by atoms with Crippen LogP contribution < -0.4 is 0 Å². The normalized spacial score (nSPS) is 13.6. The molecule has 28 heavy (non-hydrogen) atoms. The number of para-hydroxylation sites is 1. The van der Waals surface area contributed by atoms with Crippen LogP contribution in [0.4, 0.5) is 0 Å². The van der Waals surface area contributed by atoms with Crippen molar-refractivity contribution in [3.63, 3.8) is 0 Å². The lowest BCUT2D eigenvalue weighted by Gasteiger charge is -2.29. The van der Waals surface area contributed by atoms with Gasteiger partial charge in [-0.15, -0.1) is 0 Å². The van der Waals surface area contributed by atoms with Crippen LogP contribution in [0, 0.1) is 0 Å². The molecule has 6 nitrogen and oxygen atoms in total. The van der Waals surface area contributed by atoms with Gasteiger partial charge in [0.05, 0.1) is 24.0 Å². The van der Waals surface area contributed by atoms with Gasteiger partial charge in [0.15, 0.2) is 0 Å². The van der Waals surface area contributed by atoms with Crippen molar-refractivity contribution in [2.45, 2.75) is 25.9 Å². The van der Waals surface area contributed by atoms with Gasteiger partial charge in [0.2, 0.25) is 5.91 Å². The fourth-order valence-electron chi connectivity index (χ4n) is 3.61. The van der Waals surface area contributed by atoms with E-state index in [9.17, 15) is 4.79 Å². The van der Waals surface area contributed by atoms with Crippen molar-refractivity contribution in [2.75, 3.05) is 20.6 Å². The molecule has 0 fully saturated rings. The molecule has 0 bridgehead atoms.